The number of oxime groups is 1. The van der Waals surface area contributed by atoms with Gasteiger partial charge in [-0.1, -0.05) is 5.16 Å². The van der Waals surface area contributed by atoms with Crippen LogP contribution >= 0.6 is 0 Å². The molecule has 0 aromatic heterocycles. The van der Waals surface area contributed by atoms with Crippen molar-refractivity contribution in [3.63, 3.8) is 0 Å². The van der Waals surface area contributed by atoms with Gasteiger partial charge in [0.15, 0.2) is 0 Å². The minimum Gasteiger partial charge on any atom is -0.393 e. The Labute approximate surface area is 78.8 Å². The minimum atomic E-state index is -3.40. The SMILES string of the molecule is CC(C)=NOCC(C)OS(C)(=O)=O. The van der Waals surface area contributed by atoms with Crippen LogP contribution in [0.15, 0.2) is 5.16 Å². The molecule has 78 valence electrons. The summed E-state index contributed by atoms with van der Waals surface area (Å²) in [7, 11) is -3.40. The maximum atomic E-state index is 10.6. The van der Waals surface area contributed by atoms with Gasteiger partial charge >= 0.3 is 0 Å². The Hall–Kier alpha value is -0.620. The summed E-state index contributed by atoms with van der Waals surface area (Å²) in [6.45, 7) is 5.28. The van der Waals surface area contributed by atoms with E-state index < -0.39 is 16.2 Å². The van der Waals surface area contributed by atoms with Crippen LogP contribution in [-0.2, 0) is 19.1 Å². The van der Waals surface area contributed by atoms with E-state index in [9.17, 15) is 8.42 Å². The van der Waals surface area contributed by atoms with Gasteiger partial charge in [-0.05, 0) is 20.8 Å². The molecule has 0 N–H and O–H groups in total. The molecule has 1 unspecified atom stereocenters. The highest BCUT2D eigenvalue weighted by Gasteiger charge is 2.10. The summed E-state index contributed by atoms with van der Waals surface area (Å²) >= 11 is 0. The third kappa shape index (κ3) is 9.29. The number of hydrogen-bond donors (Lipinski definition) is 0. The Bertz CT molecular complexity index is 266. The highest BCUT2D eigenvalue weighted by atomic mass is 32.2. The van der Waals surface area contributed by atoms with Gasteiger partial charge in [-0.2, -0.15) is 8.42 Å². The summed E-state index contributed by atoms with van der Waals surface area (Å²) in [6, 6.07) is 0. The second-order valence-electron chi connectivity index (χ2n) is 2.95. The summed E-state index contributed by atoms with van der Waals surface area (Å²) < 4.78 is 25.8. The molecule has 0 amide bonds. The van der Waals surface area contributed by atoms with Crippen LogP contribution in [0.3, 0.4) is 0 Å². The van der Waals surface area contributed by atoms with Crippen LogP contribution in [0, 0.1) is 0 Å². The summed E-state index contributed by atoms with van der Waals surface area (Å²) in [5.41, 5.74) is 0.770. The first-order chi connectivity index (χ1) is 5.81. The van der Waals surface area contributed by atoms with Crippen LogP contribution in [0.25, 0.3) is 0 Å². The Morgan fingerprint density at radius 2 is 2.00 bits per heavy atom. The molecule has 1 atom stereocenters. The Kier molecular flexibility index (Phi) is 4.94. The predicted molar refractivity (Wildman–Crippen MR) is 50.1 cm³/mol. The van der Waals surface area contributed by atoms with Crippen molar-refractivity contribution in [2.45, 2.75) is 26.9 Å². The van der Waals surface area contributed by atoms with E-state index in [4.69, 9.17) is 4.84 Å². The van der Waals surface area contributed by atoms with Crippen LogP contribution in [0.4, 0.5) is 0 Å². The molecule has 5 nitrogen and oxygen atoms in total. The molecule has 6 heteroatoms. The number of nitrogens with zero attached hydrogens (tertiary/aromatic N) is 1. The Morgan fingerprint density at radius 3 is 2.38 bits per heavy atom. The second-order valence-corrected chi connectivity index (χ2v) is 4.55. The average molecular weight is 209 g/mol. The molecule has 0 aliphatic carbocycles. The predicted octanol–water partition coefficient (Wildman–Crippen LogP) is 0.764. The van der Waals surface area contributed by atoms with E-state index in [0.717, 1.165) is 12.0 Å². The molecule has 0 saturated carbocycles. The van der Waals surface area contributed by atoms with Gasteiger partial charge in [-0.3, -0.25) is 4.18 Å². The summed E-state index contributed by atoms with van der Waals surface area (Å²) in [5.74, 6) is 0. The van der Waals surface area contributed by atoms with Gasteiger partial charge in [0.25, 0.3) is 10.1 Å². The summed E-state index contributed by atoms with van der Waals surface area (Å²) in [6.07, 6.45) is 0.482. The van der Waals surface area contributed by atoms with E-state index in [1.165, 1.54) is 0 Å². The highest BCUT2D eigenvalue weighted by molar-refractivity contribution is 7.86. The lowest BCUT2D eigenvalue weighted by Crippen LogP contribution is -2.18. The lowest BCUT2D eigenvalue weighted by molar-refractivity contribution is 0.0666. The normalized spacial score (nSPS) is 13.5. The van der Waals surface area contributed by atoms with E-state index >= 15 is 0 Å². The van der Waals surface area contributed by atoms with Crippen molar-refractivity contribution in [2.75, 3.05) is 12.9 Å². The van der Waals surface area contributed by atoms with Crippen molar-refractivity contribution < 1.29 is 17.4 Å². The molecular formula is C7H15NO4S. The van der Waals surface area contributed by atoms with E-state index in [2.05, 4.69) is 9.34 Å². The minimum absolute atomic E-state index is 0.123. The van der Waals surface area contributed by atoms with Crippen molar-refractivity contribution in [3.8, 4) is 0 Å². The fourth-order valence-electron chi connectivity index (χ4n) is 0.597. The van der Waals surface area contributed by atoms with Crippen LogP contribution < -0.4 is 0 Å². The van der Waals surface area contributed by atoms with Gasteiger partial charge in [-0.25, -0.2) is 0 Å². The molecule has 0 aromatic carbocycles. The monoisotopic (exact) mass is 209 g/mol. The first kappa shape index (κ1) is 12.4. The molecule has 0 aliphatic rings. The zero-order chi connectivity index (χ0) is 10.5. The molecule has 13 heavy (non-hydrogen) atoms. The fourth-order valence-corrected chi connectivity index (χ4v) is 1.25. The van der Waals surface area contributed by atoms with Crippen molar-refractivity contribution in [1.82, 2.24) is 0 Å². The van der Waals surface area contributed by atoms with Gasteiger partial charge in [0.05, 0.1) is 12.0 Å². The van der Waals surface area contributed by atoms with Crippen LogP contribution in [0.5, 0.6) is 0 Å². The van der Waals surface area contributed by atoms with Crippen LogP contribution in [0.2, 0.25) is 0 Å². The molecule has 0 radical (unpaired) electrons. The number of hydrogen-bond acceptors (Lipinski definition) is 5. The topological polar surface area (TPSA) is 65.0 Å². The molecule has 0 spiro atoms. The maximum absolute atomic E-state index is 10.6. The van der Waals surface area contributed by atoms with E-state index in [-0.39, 0.29) is 6.61 Å². The third-order valence-corrected chi connectivity index (χ3v) is 1.57. The Morgan fingerprint density at radius 1 is 1.46 bits per heavy atom. The third-order valence-electron chi connectivity index (χ3n) is 0.895. The molecule has 0 fully saturated rings. The Balaban J connectivity index is 3.77. The maximum Gasteiger partial charge on any atom is 0.264 e. The van der Waals surface area contributed by atoms with E-state index in [1.807, 2.05) is 0 Å². The molecular weight excluding hydrogens is 194 g/mol. The molecule has 0 aromatic rings. The van der Waals surface area contributed by atoms with Gasteiger partial charge in [0.1, 0.15) is 12.7 Å². The van der Waals surface area contributed by atoms with E-state index in [0.29, 0.717) is 0 Å². The molecule has 0 heterocycles. The smallest absolute Gasteiger partial charge is 0.264 e. The largest absolute Gasteiger partial charge is 0.393 e. The van der Waals surface area contributed by atoms with Crippen molar-refractivity contribution in [2.24, 2.45) is 5.16 Å². The van der Waals surface area contributed by atoms with Gasteiger partial charge in [-0.15, -0.1) is 0 Å². The van der Waals surface area contributed by atoms with E-state index in [1.54, 1.807) is 20.8 Å². The first-order valence-corrected chi connectivity index (χ1v) is 5.64. The lowest BCUT2D eigenvalue weighted by atomic mass is 10.5. The van der Waals surface area contributed by atoms with Crippen LogP contribution in [0.1, 0.15) is 20.8 Å². The zero-order valence-electron chi connectivity index (χ0n) is 8.27. The van der Waals surface area contributed by atoms with Gasteiger partial charge in [0.2, 0.25) is 0 Å². The summed E-state index contributed by atoms with van der Waals surface area (Å²) in [4.78, 5) is 4.80. The molecule has 0 bridgehead atoms. The zero-order valence-corrected chi connectivity index (χ0v) is 9.09. The van der Waals surface area contributed by atoms with Gasteiger partial charge in [0, 0.05) is 0 Å². The van der Waals surface area contributed by atoms with Crippen molar-refractivity contribution >= 4 is 15.8 Å². The molecule has 0 rings (SSSR count). The first-order valence-electron chi connectivity index (χ1n) is 3.82. The van der Waals surface area contributed by atoms with Crippen molar-refractivity contribution in [3.05, 3.63) is 0 Å². The van der Waals surface area contributed by atoms with Crippen LogP contribution in [-0.4, -0.2) is 33.1 Å². The standard InChI is InChI=1S/C7H15NO4S/c1-6(2)8-11-5-7(3)12-13(4,9)10/h7H,5H2,1-4H3. The quantitative estimate of drug-likeness (QED) is 0.381. The number of rotatable bonds is 5. The fraction of sp³-hybridized carbons (Fsp3) is 0.857. The van der Waals surface area contributed by atoms with Crippen molar-refractivity contribution in [1.29, 1.82) is 0 Å². The molecule has 0 aliphatic heterocycles. The highest BCUT2D eigenvalue weighted by Crippen LogP contribution is 1.97. The molecule has 0 saturated heterocycles. The average Bonchev–Trinajstić information content (AvgIpc) is 1.81. The second kappa shape index (κ2) is 5.18. The summed E-state index contributed by atoms with van der Waals surface area (Å²) in [5, 5.41) is 3.64. The lowest BCUT2D eigenvalue weighted by Gasteiger charge is -2.08. The van der Waals surface area contributed by atoms with Gasteiger partial charge < -0.3 is 4.84 Å².